The van der Waals surface area contributed by atoms with Gasteiger partial charge in [0.2, 0.25) is 0 Å². The Bertz CT molecular complexity index is 124. The Kier molecular flexibility index (Phi) is 5.35. The molecule has 0 spiro atoms. The Hall–Kier alpha value is -0.120. The van der Waals surface area contributed by atoms with Gasteiger partial charge in [0, 0.05) is 25.8 Å². The van der Waals surface area contributed by atoms with Gasteiger partial charge in [0.15, 0.2) is 0 Å². The zero-order valence-corrected chi connectivity index (χ0v) is 8.46. The lowest BCUT2D eigenvalue weighted by Gasteiger charge is -2.16. The van der Waals surface area contributed by atoms with Crippen molar-refractivity contribution < 1.29 is 9.84 Å². The number of hydrogen-bond acceptors (Lipinski definition) is 3. The van der Waals surface area contributed by atoms with Crippen molar-refractivity contribution in [2.45, 2.75) is 44.8 Å². The zero-order chi connectivity index (χ0) is 9.52. The summed E-state index contributed by atoms with van der Waals surface area (Å²) >= 11 is 0. The fourth-order valence-electron chi connectivity index (χ4n) is 1.64. The van der Waals surface area contributed by atoms with Gasteiger partial charge in [-0.05, 0) is 32.6 Å². The minimum absolute atomic E-state index is 0.298. The Morgan fingerprint density at radius 1 is 1.62 bits per heavy atom. The topological polar surface area (TPSA) is 41.5 Å². The van der Waals surface area contributed by atoms with E-state index in [2.05, 4.69) is 12.2 Å². The van der Waals surface area contributed by atoms with Crippen LogP contribution in [0.1, 0.15) is 32.6 Å². The van der Waals surface area contributed by atoms with Crippen LogP contribution in [0.5, 0.6) is 0 Å². The van der Waals surface area contributed by atoms with Crippen molar-refractivity contribution in [2.24, 2.45) is 0 Å². The third kappa shape index (κ3) is 4.60. The second kappa shape index (κ2) is 6.35. The maximum Gasteiger partial charge on any atom is 0.0700 e. The van der Waals surface area contributed by atoms with E-state index < -0.39 is 0 Å². The summed E-state index contributed by atoms with van der Waals surface area (Å²) in [5, 5.41) is 12.1. The molecule has 0 amide bonds. The molecule has 13 heavy (non-hydrogen) atoms. The number of rotatable bonds is 6. The van der Waals surface area contributed by atoms with E-state index in [1.54, 1.807) is 0 Å². The molecule has 2 N–H and O–H groups in total. The molecule has 1 saturated heterocycles. The third-order valence-corrected chi connectivity index (χ3v) is 2.51. The van der Waals surface area contributed by atoms with Crippen LogP contribution in [0.25, 0.3) is 0 Å². The summed E-state index contributed by atoms with van der Waals surface area (Å²) in [6, 6.07) is 0.497. The Morgan fingerprint density at radius 2 is 2.46 bits per heavy atom. The van der Waals surface area contributed by atoms with Gasteiger partial charge < -0.3 is 15.2 Å². The fourth-order valence-corrected chi connectivity index (χ4v) is 1.64. The quantitative estimate of drug-likeness (QED) is 0.649. The molecule has 0 bridgehead atoms. The first-order valence-corrected chi connectivity index (χ1v) is 5.28. The first kappa shape index (κ1) is 11.0. The van der Waals surface area contributed by atoms with Crippen molar-refractivity contribution in [2.75, 3.05) is 19.8 Å². The highest BCUT2D eigenvalue weighted by Gasteiger charge is 2.15. The second-order valence-electron chi connectivity index (χ2n) is 3.81. The standard InChI is InChI=1S/C10H21NO2/c1-9(4-2-6-12)11-8-10-5-3-7-13-10/h9-12H,2-8H2,1H3. The molecule has 1 aliphatic rings. The average molecular weight is 187 g/mol. The third-order valence-electron chi connectivity index (χ3n) is 2.51. The highest BCUT2D eigenvalue weighted by molar-refractivity contribution is 4.70. The van der Waals surface area contributed by atoms with Gasteiger partial charge >= 0.3 is 0 Å². The molecule has 0 aliphatic carbocycles. The van der Waals surface area contributed by atoms with Crippen LogP contribution in [0.4, 0.5) is 0 Å². The van der Waals surface area contributed by atoms with E-state index in [1.807, 2.05) is 0 Å². The van der Waals surface area contributed by atoms with E-state index in [4.69, 9.17) is 9.84 Å². The molecule has 1 rings (SSSR count). The van der Waals surface area contributed by atoms with Gasteiger partial charge in [0.1, 0.15) is 0 Å². The predicted octanol–water partition coefficient (Wildman–Crippen LogP) is 0.916. The van der Waals surface area contributed by atoms with Crippen molar-refractivity contribution in [3.63, 3.8) is 0 Å². The Labute approximate surface area is 80.5 Å². The molecule has 0 aromatic heterocycles. The second-order valence-corrected chi connectivity index (χ2v) is 3.81. The van der Waals surface area contributed by atoms with Gasteiger partial charge in [-0.2, -0.15) is 0 Å². The maximum atomic E-state index is 8.64. The smallest absolute Gasteiger partial charge is 0.0700 e. The summed E-state index contributed by atoms with van der Waals surface area (Å²) in [5.74, 6) is 0. The van der Waals surface area contributed by atoms with Crippen molar-refractivity contribution in [3.05, 3.63) is 0 Å². The molecule has 78 valence electrons. The van der Waals surface area contributed by atoms with Crippen LogP contribution in [-0.4, -0.2) is 37.0 Å². The number of hydrogen-bond donors (Lipinski definition) is 2. The van der Waals surface area contributed by atoms with Crippen LogP contribution < -0.4 is 5.32 Å². The van der Waals surface area contributed by atoms with Crippen LogP contribution in [0.2, 0.25) is 0 Å². The molecule has 0 saturated carbocycles. The first-order valence-electron chi connectivity index (χ1n) is 5.28. The summed E-state index contributed by atoms with van der Waals surface area (Å²) in [5.41, 5.74) is 0. The largest absolute Gasteiger partial charge is 0.396 e. The van der Waals surface area contributed by atoms with E-state index in [0.29, 0.717) is 18.8 Å². The SMILES string of the molecule is CC(CCCO)NCC1CCCO1. The molecule has 3 nitrogen and oxygen atoms in total. The van der Waals surface area contributed by atoms with Crippen molar-refractivity contribution in [1.29, 1.82) is 0 Å². The predicted molar refractivity (Wildman–Crippen MR) is 52.8 cm³/mol. The van der Waals surface area contributed by atoms with E-state index in [9.17, 15) is 0 Å². The van der Waals surface area contributed by atoms with E-state index in [0.717, 1.165) is 26.0 Å². The van der Waals surface area contributed by atoms with Crippen molar-refractivity contribution in [1.82, 2.24) is 5.32 Å². The lowest BCUT2D eigenvalue weighted by molar-refractivity contribution is 0.107. The highest BCUT2D eigenvalue weighted by atomic mass is 16.5. The van der Waals surface area contributed by atoms with Gasteiger partial charge in [0.25, 0.3) is 0 Å². The highest BCUT2D eigenvalue weighted by Crippen LogP contribution is 2.11. The molecule has 3 heteroatoms. The van der Waals surface area contributed by atoms with Crippen molar-refractivity contribution >= 4 is 0 Å². The molecule has 2 atom stereocenters. The molecule has 1 aliphatic heterocycles. The minimum atomic E-state index is 0.298. The average Bonchev–Trinajstić information content (AvgIpc) is 2.64. The lowest BCUT2D eigenvalue weighted by Crippen LogP contribution is -2.33. The molecule has 2 unspecified atom stereocenters. The summed E-state index contributed by atoms with van der Waals surface area (Å²) in [7, 11) is 0. The van der Waals surface area contributed by atoms with Gasteiger partial charge in [-0.25, -0.2) is 0 Å². The summed E-state index contributed by atoms with van der Waals surface area (Å²) in [4.78, 5) is 0. The van der Waals surface area contributed by atoms with Gasteiger partial charge in [-0.15, -0.1) is 0 Å². The molecule has 1 heterocycles. The van der Waals surface area contributed by atoms with Crippen LogP contribution in [0, 0.1) is 0 Å². The molecule has 0 radical (unpaired) electrons. The van der Waals surface area contributed by atoms with Crippen molar-refractivity contribution in [3.8, 4) is 0 Å². The Balaban J connectivity index is 1.97. The molecule has 1 fully saturated rings. The van der Waals surface area contributed by atoms with Gasteiger partial charge in [-0.1, -0.05) is 0 Å². The molecule has 0 aromatic rings. The number of aliphatic hydroxyl groups is 1. The zero-order valence-electron chi connectivity index (χ0n) is 8.46. The molecule has 0 aromatic carbocycles. The fraction of sp³-hybridized carbons (Fsp3) is 1.00. The van der Waals surface area contributed by atoms with Crippen LogP contribution in [-0.2, 0) is 4.74 Å². The Morgan fingerprint density at radius 3 is 3.08 bits per heavy atom. The number of ether oxygens (including phenoxy) is 1. The maximum absolute atomic E-state index is 8.64. The van der Waals surface area contributed by atoms with E-state index >= 15 is 0 Å². The van der Waals surface area contributed by atoms with E-state index in [-0.39, 0.29) is 0 Å². The number of nitrogens with one attached hydrogen (secondary N) is 1. The summed E-state index contributed by atoms with van der Waals surface area (Å²) in [6.45, 7) is 4.35. The first-order chi connectivity index (χ1) is 6.33. The van der Waals surface area contributed by atoms with E-state index in [1.165, 1.54) is 12.8 Å². The number of aliphatic hydroxyl groups excluding tert-OH is 1. The lowest BCUT2D eigenvalue weighted by atomic mass is 10.1. The molecular weight excluding hydrogens is 166 g/mol. The van der Waals surface area contributed by atoms with Gasteiger partial charge in [0.05, 0.1) is 6.10 Å². The van der Waals surface area contributed by atoms with Crippen LogP contribution >= 0.6 is 0 Å². The monoisotopic (exact) mass is 187 g/mol. The van der Waals surface area contributed by atoms with Crippen LogP contribution in [0.15, 0.2) is 0 Å². The normalized spacial score (nSPS) is 24.9. The molecular formula is C10H21NO2. The van der Waals surface area contributed by atoms with Gasteiger partial charge in [-0.3, -0.25) is 0 Å². The minimum Gasteiger partial charge on any atom is -0.396 e. The summed E-state index contributed by atoms with van der Waals surface area (Å²) in [6.07, 6.45) is 4.76. The van der Waals surface area contributed by atoms with Crippen LogP contribution in [0.3, 0.4) is 0 Å². The summed E-state index contributed by atoms with van der Waals surface area (Å²) < 4.78 is 5.50.